The summed E-state index contributed by atoms with van der Waals surface area (Å²) in [5.41, 5.74) is 0.188. The highest BCUT2D eigenvalue weighted by Crippen LogP contribution is 2.27. The molecule has 0 aromatic heterocycles. The lowest BCUT2D eigenvalue weighted by Crippen LogP contribution is -2.26. The SMILES string of the molecule is CN(c1ccc(S(C)(=O)=O)cc1)S(=O)(=O)c1ccc(OC(F)(F)F)cc1. The van der Waals surface area contributed by atoms with Crippen LogP contribution in [0, 0.1) is 0 Å². The van der Waals surface area contributed by atoms with Crippen LogP contribution in [0.1, 0.15) is 0 Å². The van der Waals surface area contributed by atoms with Crippen LogP contribution in [0.5, 0.6) is 5.75 Å². The van der Waals surface area contributed by atoms with Gasteiger partial charge in [-0.25, -0.2) is 16.8 Å². The molecule has 0 spiro atoms. The number of ether oxygens (including phenoxy) is 1. The van der Waals surface area contributed by atoms with Crippen molar-refractivity contribution < 1.29 is 34.7 Å². The molecule has 0 aliphatic carbocycles. The molecule has 0 N–H and O–H groups in total. The summed E-state index contributed by atoms with van der Waals surface area (Å²) in [5.74, 6) is -0.545. The average molecular weight is 409 g/mol. The average Bonchev–Trinajstić information content (AvgIpc) is 2.52. The van der Waals surface area contributed by atoms with E-state index < -0.39 is 32.0 Å². The number of benzene rings is 2. The first kappa shape index (κ1) is 20.0. The highest BCUT2D eigenvalue weighted by molar-refractivity contribution is 7.92. The molecule has 11 heteroatoms. The molecule has 2 aromatic rings. The summed E-state index contributed by atoms with van der Waals surface area (Å²) in [6.07, 6.45) is -3.86. The van der Waals surface area contributed by atoms with Gasteiger partial charge < -0.3 is 4.74 Å². The molecule has 0 atom stereocenters. The van der Waals surface area contributed by atoms with Crippen LogP contribution in [-0.4, -0.2) is 36.5 Å². The zero-order chi connectivity index (χ0) is 19.8. The maximum Gasteiger partial charge on any atom is 0.573 e. The first-order valence-corrected chi connectivity index (χ1v) is 10.3. The zero-order valence-corrected chi connectivity index (χ0v) is 15.2. The lowest BCUT2D eigenvalue weighted by molar-refractivity contribution is -0.274. The molecule has 2 rings (SSSR count). The molecule has 0 radical (unpaired) electrons. The Bertz CT molecular complexity index is 983. The van der Waals surface area contributed by atoms with Crippen molar-refractivity contribution in [3.8, 4) is 5.75 Å². The number of sulfone groups is 1. The molecule has 0 aliphatic heterocycles. The van der Waals surface area contributed by atoms with Crippen LogP contribution in [0.3, 0.4) is 0 Å². The summed E-state index contributed by atoms with van der Waals surface area (Å²) in [6.45, 7) is 0. The first-order chi connectivity index (χ1) is 11.8. The minimum absolute atomic E-state index is 0.0284. The number of hydrogen-bond donors (Lipinski definition) is 0. The van der Waals surface area contributed by atoms with E-state index in [1.807, 2.05) is 0 Å². The minimum Gasteiger partial charge on any atom is -0.406 e. The second-order valence-corrected chi connectivity index (χ2v) is 9.24. The number of rotatable bonds is 5. The Hall–Kier alpha value is -2.27. The molecule has 0 saturated carbocycles. The van der Waals surface area contributed by atoms with E-state index in [0.717, 1.165) is 34.8 Å². The second kappa shape index (κ2) is 6.80. The maximum absolute atomic E-state index is 12.6. The second-order valence-electron chi connectivity index (χ2n) is 5.26. The highest BCUT2D eigenvalue weighted by atomic mass is 32.2. The van der Waals surface area contributed by atoms with E-state index in [2.05, 4.69) is 4.74 Å². The van der Waals surface area contributed by atoms with Crippen LogP contribution >= 0.6 is 0 Å². The van der Waals surface area contributed by atoms with Crippen molar-refractivity contribution in [1.29, 1.82) is 0 Å². The fraction of sp³-hybridized carbons (Fsp3) is 0.200. The summed E-state index contributed by atoms with van der Waals surface area (Å²) in [5, 5.41) is 0. The molecule has 26 heavy (non-hydrogen) atoms. The number of anilines is 1. The van der Waals surface area contributed by atoms with Gasteiger partial charge in [0.1, 0.15) is 5.75 Å². The van der Waals surface area contributed by atoms with Crippen molar-refractivity contribution in [3.05, 3.63) is 48.5 Å². The number of halogens is 3. The van der Waals surface area contributed by atoms with Gasteiger partial charge in [-0.05, 0) is 48.5 Å². The third-order valence-electron chi connectivity index (χ3n) is 3.34. The summed E-state index contributed by atoms with van der Waals surface area (Å²) in [7, 11) is -6.24. The van der Waals surface area contributed by atoms with Gasteiger partial charge in [0.25, 0.3) is 10.0 Å². The van der Waals surface area contributed by atoms with E-state index in [1.165, 1.54) is 31.3 Å². The smallest absolute Gasteiger partial charge is 0.406 e. The summed E-state index contributed by atoms with van der Waals surface area (Å²) < 4.78 is 89.0. The van der Waals surface area contributed by atoms with E-state index in [4.69, 9.17) is 0 Å². The lowest BCUT2D eigenvalue weighted by Gasteiger charge is -2.20. The topological polar surface area (TPSA) is 80.8 Å². The number of alkyl halides is 3. The van der Waals surface area contributed by atoms with Crippen molar-refractivity contribution >= 4 is 25.5 Å². The normalized spacial score (nSPS) is 12.7. The van der Waals surface area contributed by atoms with Crippen molar-refractivity contribution in [1.82, 2.24) is 0 Å². The van der Waals surface area contributed by atoms with E-state index in [0.29, 0.717) is 0 Å². The molecular formula is C15H14F3NO5S2. The van der Waals surface area contributed by atoms with Gasteiger partial charge in [-0.3, -0.25) is 4.31 Å². The Morgan fingerprint density at radius 1 is 0.846 bits per heavy atom. The number of sulfonamides is 1. The standard InChI is InChI=1S/C15H14F3NO5S2/c1-19(11-3-7-13(8-4-11)25(2,20)21)26(22,23)14-9-5-12(6-10-14)24-15(16,17)18/h3-10H,1-2H3. The first-order valence-electron chi connectivity index (χ1n) is 6.95. The lowest BCUT2D eigenvalue weighted by atomic mass is 10.3. The summed E-state index contributed by atoms with van der Waals surface area (Å²) in [4.78, 5) is -0.220. The third-order valence-corrected chi connectivity index (χ3v) is 6.27. The predicted molar refractivity (Wildman–Crippen MR) is 88.3 cm³/mol. The van der Waals surface area contributed by atoms with E-state index in [-0.39, 0.29) is 15.5 Å². The molecule has 0 heterocycles. The van der Waals surface area contributed by atoms with Crippen LogP contribution in [0.4, 0.5) is 18.9 Å². The Labute approximate surface area is 148 Å². The Balaban J connectivity index is 2.29. The molecule has 142 valence electrons. The fourth-order valence-corrected chi connectivity index (χ4v) is 3.84. The number of hydrogen-bond acceptors (Lipinski definition) is 5. The van der Waals surface area contributed by atoms with Crippen molar-refractivity contribution in [2.75, 3.05) is 17.6 Å². The largest absolute Gasteiger partial charge is 0.573 e. The quantitative estimate of drug-likeness (QED) is 0.759. The van der Waals surface area contributed by atoms with Gasteiger partial charge >= 0.3 is 6.36 Å². The molecule has 0 saturated heterocycles. The summed E-state index contributed by atoms with van der Waals surface area (Å²) >= 11 is 0. The van der Waals surface area contributed by atoms with Crippen LogP contribution in [0.25, 0.3) is 0 Å². The van der Waals surface area contributed by atoms with E-state index in [1.54, 1.807) is 0 Å². The predicted octanol–water partition coefficient (Wildman–Crippen LogP) is 2.81. The molecule has 0 amide bonds. The van der Waals surface area contributed by atoms with Gasteiger partial charge in [-0.1, -0.05) is 0 Å². The Morgan fingerprint density at radius 3 is 1.73 bits per heavy atom. The minimum atomic E-state index is -4.88. The molecule has 0 aliphatic rings. The molecule has 6 nitrogen and oxygen atoms in total. The van der Waals surface area contributed by atoms with Gasteiger partial charge in [0.2, 0.25) is 0 Å². The van der Waals surface area contributed by atoms with Gasteiger partial charge in [0.05, 0.1) is 15.5 Å². The van der Waals surface area contributed by atoms with Crippen LogP contribution < -0.4 is 9.04 Å². The van der Waals surface area contributed by atoms with Gasteiger partial charge in [-0.15, -0.1) is 13.2 Å². The van der Waals surface area contributed by atoms with Gasteiger partial charge in [-0.2, -0.15) is 0 Å². The van der Waals surface area contributed by atoms with Gasteiger partial charge in [0, 0.05) is 13.3 Å². The van der Waals surface area contributed by atoms with Crippen molar-refractivity contribution in [3.63, 3.8) is 0 Å². The van der Waals surface area contributed by atoms with Crippen LogP contribution in [-0.2, 0) is 19.9 Å². The van der Waals surface area contributed by atoms with E-state index >= 15 is 0 Å². The highest BCUT2D eigenvalue weighted by Gasteiger charge is 2.31. The Morgan fingerprint density at radius 2 is 1.31 bits per heavy atom. The molecule has 0 bridgehead atoms. The Kier molecular flexibility index (Phi) is 5.24. The van der Waals surface area contributed by atoms with E-state index in [9.17, 15) is 30.0 Å². The van der Waals surface area contributed by atoms with Crippen LogP contribution in [0.15, 0.2) is 58.3 Å². The van der Waals surface area contributed by atoms with Crippen molar-refractivity contribution in [2.24, 2.45) is 0 Å². The molecule has 0 unspecified atom stereocenters. The van der Waals surface area contributed by atoms with Crippen LogP contribution in [0.2, 0.25) is 0 Å². The monoisotopic (exact) mass is 409 g/mol. The summed E-state index contributed by atoms with van der Waals surface area (Å²) in [6, 6.07) is 8.90. The molecular weight excluding hydrogens is 395 g/mol. The molecule has 0 fully saturated rings. The van der Waals surface area contributed by atoms with Gasteiger partial charge in [0.15, 0.2) is 9.84 Å². The fourth-order valence-electron chi connectivity index (χ4n) is 2.01. The molecule has 2 aromatic carbocycles. The zero-order valence-electron chi connectivity index (χ0n) is 13.6. The third kappa shape index (κ3) is 4.67. The van der Waals surface area contributed by atoms with Crippen molar-refractivity contribution in [2.45, 2.75) is 16.2 Å². The number of nitrogens with zero attached hydrogens (tertiary/aromatic N) is 1. The maximum atomic E-state index is 12.6.